The summed E-state index contributed by atoms with van der Waals surface area (Å²) < 4.78 is 2.28. The van der Waals surface area contributed by atoms with Crippen LogP contribution in [0.5, 0.6) is 0 Å². The van der Waals surface area contributed by atoms with E-state index in [0.29, 0.717) is 0 Å². The van der Waals surface area contributed by atoms with Crippen LogP contribution in [0.2, 0.25) is 5.02 Å². The maximum atomic E-state index is 9.60. The van der Waals surface area contributed by atoms with Gasteiger partial charge in [0, 0.05) is 34.6 Å². The highest BCUT2D eigenvalue weighted by molar-refractivity contribution is 6.31. The number of fused-ring (bicyclic) bond motifs is 3. The van der Waals surface area contributed by atoms with Crippen molar-refractivity contribution in [1.29, 1.82) is 0 Å². The van der Waals surface area contributed by atoms with Crippen molar-refractivity contribution in [1.82, 2.24) is 4.57 Å². The van der Waals surface area contributed by atoms with Crippen LogP contribution in [0.25, 0.3) is 10.9 Å². The Kier molecular flexibility index (Phi) is 2.01. The van der Waals surface area contributed by atoms with Gasteiger partial charge < -0.3 is 9.67 Å². The van der Waals surface area contributed by atoms with Crippen LogP contribution in [0.15, 0.2) is 24.3 Å². The lowest BCUT2D eigenvalue weighted by molar-refractivity contribution is 0.144. The van der Waals surface area contributed by atoms with Gasteiger partial charge in [0.15, 0.2) is 0 Å². The fraction of sp³-hybridized carbons (Fsp3) is 0.333. The van der Waals surface area contributed by atoms with E-state index in [1.807, 2.05) is 12.1 Å². The van der Waals surface area contributed by atoms with Crippen LogP contribution in [0.3, 0.4) is 0 Å². The molecule has 0 aliphatic carbocycles. The van der Waals surface area contributed by atoms with Crippen molar-refractivity contribution in [3.05, 3.63) is 35.0 Å². The molecule has 0 saturated carbocycles. The average molecular weight is 222 g/mol. The zero-order valence-electron chi connectivity index (χ0n) is 8.28. The first-order chi connectivity index (χ1) is 7.24. The zero-order chi connectivity index (χ0) is 10.4. The third kappa shape index (κ3) is 1.45. The third-order valence-corrected chi connectivity index (χ3v) is 3.31. The monoisotopic (exact) mass is 221 g/mol. The van der Waals surface area contributed by atoms with Crippen LogP contribution < -0.4 is 0 Å². The Hall–Kier alpha value is -0.990. The van der Waals surface area contributed by atoms with Crippen molar-refractivity contribution >= 4 is 22.5 Å². The van der Waals surface area contributed by atoms with E-state index in [1.54, 1.807) is 0 Å². The summed E-state index contributed by atoms with van der Waals surface area (Å²) in [5, 5.41) is 11.5. The van der Waals surface area contributed by atoms with Crippen molar-refractivity contribution in [2.75, 3.05) is 0 Å². The van der Waals surface area contributed by atoms with Crippen LogP contribution in [0.1, 0.15) is 12.1 Å². The summed E-state index contributed by atoms with van der Waals surface area (Å²) in [7, 11) is 0. The number of benzene rings is 1. The van der Waals surface area contributed by atoms with Crippen LogP contribution in [-0.4, -0.2) is 15.8 Å². The molecule has 0 bridgehead atoms. The summed E-state index contributed by atoms with van der Waals surface area (Å²) >= 11 is 5.95. The molecule has 1 atom stereocenters. The standard InChI is InChI=1S/C12H12ClNO/c13-9-1-2-12-8(5-9)6-10-7-11(15)3-4-14(10)12/h1-2,5-6,11,15H,3-4,7H2. The first-order valence-corrected chi connectivity index (χ1v) is 5.57. The predicted molar refractivity (Wildman–Crippen MR) is 61.3 cm³/mol. The number of halogens is 1. The Labute approximate surface area is 93.1 Å². The minimum absolute atomic E-state index is 0.183. The van der Waals surface area contributed by atoms with Gasteiger partial charge >= 0.3 is 0 Å². The number of aliphatic hydroxyl groups is 1. The lowest BCUT2D eigenvalue weighted by atomic mass is 10.1. The van der Waals surface area contributed by atoms with Crippen molar-refractivity contribution in [3.8, 4) is 0 Å². The Morgan fingerprint density at radius 1 is 1.33 bits per heavy atom. The predicted octanol–water partition coefficient (Wildman–Crippen LogP) is 2.60. The van der Waals surface area contributed by atoms with Gasteiger partial charge in [-0.05, 0) is 30.7 Å². The molecule has 0 fully saturated rings. The molecule has 0 amide bonds. The molecular formula is C12H12ClNO. The quantitative estimate of drug-likeness (QED) is 0.727. The number of hydrogen-bond donors (Lipinski definition) is 1. The van der Waals surface area contributed by atoms with Gasteiger partial charge in [-0.2, -0.15) is 0 Å². The van der Waals surface area contributed by atoms with E-state index in [1.165, 1.54) is 16.6 Å². The van der Waals surface area contributed by atoms with Crippen LogP contribution >= 0.6 is 11.6 Å². The summed E-state index contributed by atoms with van der Waals surface area (Å²) in [5.74, 6) is 0. The molecule has 2 nitrogen and oxygen atoms in total. The topological polar surface area (TPSA) is 25.2 Å². The molecule has 15 heavy (non-hydrogen) atoms. The zero-order valence-corrected chi connectivity index (χ0v) is 9.04. The molecule has 1 unspecified atom stereocenters. The molecular weight excluding hydrogens is 210 g/mol. The van der Waals surface area contributed by atoms with E-state index >= 15 is 0 Å². The number of aliphatic hydroxyl groups excluding tert-OH is 1. The van der Waals surface area contributed by atoms with E-state index in [-0.39, 0.29) is 6.10 Å². The van der Waals surface area contributed by atoms with Crippen LogP contribution in [-0.2, 0) is 13.0 Å². The molecule has 2 heterocycles. The van der Waals surface area contributed by atoms with Crippen LogP contribution in [0.4, 0.5) is 0 Å². The van der Waals surface area contributed by atoms with Gasteiger partial charge in [0.1, 0.15) is 0 Å². The minimum atomic E-state index is -0.183. The van der Waals surface area contributed by atoms with Crippen molar-refractivity contribution in [2.24, 2.45) is 0 Å². The molecule has 1 N–H and O–H groups in total. The second kappa shape index (κ2) is 3.26. The normalized spacial score (nSPS) is 20.5. The first-order valence-electron chi connectivity index (χ1n) is 5.20. The number of aryl methyl sites for hydroxylation is 1. The number of aromatic nitrogens is 1. The Morgan fingerprint density at radius 2 is 2.20 bits per heavy atom. The van der Waals surface area contributed by atoms with Gasteiger partial charge in [0.05, 0.1) is 6.10 Å². The molecule has 0 spiro atoms. The number of rotatable bonds is 0. The van der Waals surface area contributed by atoms with Gasteiger partial charge in [-0.25, -0.2) is 0 Å². The van der Waals surface area contributed by atoms with E-state index in [4.69, 9.17) is 11.6 Å². The Bertz CT molecular complexity index is 518. The second-order valence-corrected chi connectivity index (χ2v) is 4.57. The van der Waals surface area contributed by atoms with Gasteiger partial charge in [-0.3, -0.25) is 0 Å². The van der Waals surface area contributed by atoms with Gasteiger partial charge in [0.25, 0.3) is 0 Å². The lowest BCUT2D eigenvalue weighted by Gasteiger charge is -2.20. The molecule has 3 heteroatoms. The summed E-state index contributed by atoms with van der Waals surface area (Å²) in [4.78, 5) is 0. The van der Waals surface area contributed by atoms with Crippen molar-refractivity contribution in [3.63, 3.8) is 0 Å². The molecule has 1 aliphatic heterocycles. The smallest absolute Gasteiger partial charge is 0.0611 e. The lowest BCUT2D eigenvalue weighted by Crippen LogP contribution is -2.22. The Balaban J connectivity index is 2.23. The molecule has 78 valence electrons. The third-order valence-electron chi connectivity index (χ3n) is 3.08. The summed E-state index contributed by atoms with van der Waals surface area (Å²) in [6, 6.07) is 8.08. The van der Waals surface area contributed by atoms with E-state index < -0.39 is 0 Å². The molecule has 1 aromatic heterocycles. The van der Waals surface area contributed by atoms with E-state index in [0.717, 1.165) is 24.4 Å². The number of nitrogens with zero attached hydrogens (tertiary/aromatic N) is 1. The fourth-order valence-corrected chi connectivity index (χ4v) is 2.53. The van der Waals surface area contributed by atoms with E-state index in [9.17, 15) is 5.11 Å². The highest BCUT2D eigenvalue weighted by atomic mass is 35.5. The summed E-state index contributed by atoms with van der Waals surface area (Å²) in [6.45, 7) is 0.904. The fourth-order valence-electron chi connectivity index (χ4n) is 2.35. The average Bonchev–Trinajstić information content (AvgIpc) is 2.53. The SMILES string of the molecule is OC1CCn2c(cc3cc(Cl)ccc32)C1. The van der Waals surface area contributed by atoms with Gasteiger partial charge in [-0.1, -0.05) is 11.6 Å². The second-order valence-electron chi connectivity index (χ2n) is 4.14. The summed E-state index contributed by atoms with van der Waals surface area (Å²) in [5.41, 5.74) is 2.44. The first kappa shape index (κ1) is 9.25. The van der Waals surface area contributed by atoms with Gasteiger partial charge in [0.2, 0.25) is 0 Å². The van der Waals surface area contributed by atoms with Gasteiger partial charge in [-0.15, -0.1) is 0 Å². The molecule has 0 radical (unpaired) electrons. The summed E-state index contributed by atoms with van der Waals surface area (Å²) in [6.07, 6.45) is 1.42. The maximum Gasteiger partial charge on any atom is 0.0611 e. The van der Waals surface area contributed by atoms with Crippen molar-refractivity contribution in [2.45, 2.75) is 25.5 Å². The molecule has 3 rings (SSSR count). The van der Waals surface area contributed by atoms with Crippen LogP contribution in [0, 0.1) is 0 Å². The molecule has 1 aliphatic rings. The largest absolute Gasteiger partial charge is 0.393 e. The van der Waals surface area contributed by atoms with E-state index in [2.05, 4.69) is 16.7 Å². The highest BCUT2D eigenvalue weighted by Crippen LogP contribution is 2.27. The molecule has 2 aromatic rings. The molecule has 1 aromatic carbocycles. The highest BCUT2D eigenvalue weighted by Gasteiger charge is 2.18. The minimum Gasteiger partial charge on any atom is -0.393 e. The van der Waals surface area contributed by atoms with Crippen molar-refractivity contribution < 1.29 is 5.11 Å². The Morgan fingerprint density at radius 3 is 3.07 bits per heavy atom. The number of hydrogen-bond acceptors (Lipinski definition) is 1. The molecule has 0 saturated heterocycles. The maximum absolute atomic E-state index is 9.60.